The van der Waals surface area contributed by atoms with Crippen molar-refractivity contribution in [3.8, 4) is 0 Å². The van der Waals surface area contributed by atoms with E-state index in [1.54, 1.807) is 13.0 Å². The van der Waals surface area contributed by atoms with Crippen LogP contribution < -0.4 is 0 Å². The predicted octanol–water partition coefficient (Wildman–Crippen LogP) is 6.34. The first kappa shape index (κ1) is 15.0. The number of alkyl halides is 1. The van der Waals surface area contributed by atoms with E-state index in [0.29, 0.717) is 10.6 Å². The van der Waals surface area contributed by atoms with E-state index < -0.39 is 0 Å². The van der Waals surface area contributed by atoms with Crippen molar-refractivity contribution in [2.24, 2.45) is 0 Å². The highest BCUT2D eigenvalue weighted by Crippen LogP contribution is 2.37. The van der Waals surface area contributed by atoms with Crippen molar-refractivity contribution in [1.82, 2.24) is 0 Å². The Morgan fingerprint density at radius 3 is 2.42 bits per heavy atom. The maximum atomic E-state index is 13.4. The lowest BCUT2D eigenvalue weighted by atomic mass is 10.0. The second kappa shape index (κ2) is 5.94. The minimum absolute atomic E-state index is 0.0597. The van der Waals surface area contributed by atoms with Gasteiger partial charge in [-0.05, 0) is 54.3 Å². The fourth-order valence-electron chi connectivity index (χ4n) is 1.96. The van der Waals surface area contributed by atoms with Crippen molar-refractivity contribution in [3.63, 3.8) is 0 Å². The Kier molecular flexibility index (Phi) is 4.70. The Balaban J connectivity index is 2.49. The minimum Gasteiger partial charge on any atom is -0.207 e. The van der Waals surface area contributed by atoms with Gasteiger partial charge in [-0.1, -0.05) is 55.6 Å². The van der Waals surface area contributed by atoms with Crippen molar-refractivity contribution in [2.75, 3.05) is 0 Å². The van der Waals surface area contributed by atoms with Crippen LogP contribution in [0.4, 0.5) is 4.39 Å². The third-order valence-corrected chi connectivity index (χ3v) is 4.72. The van der Waals surface area contributed by atoms with Gasteiger partial charge in [-0.15, -0.1) is 0 Å². The summed E-state index contributed by atoms with van der Waals surface area (Å²) < 4.78 is 14.5. The van der Waals surface area contributed by atoms with Crippen LogP contribution in [0.2, 0.25) is 5.02 Å². The Hall–Kier alpha value is -0.380. The van der Waals surface area contributed by atoms with Crippen LogP contribution in [0.15, 0.2) is 34.8 Å². The summed E-state index contributed by atoms with van der Waals surface area (Å²) in [6.07, 6.45) is 0. The van der Waals surface area contributed by atoms with E-state index in [-0.39, 0.29) is 10.6 Å². The molecule has 0 saturated carbocycles. The molecule has 0 aliphatic rings. The molecule has 2 aromatic rings. The van der Waals surface area contributed by atoms with Crippen LogP contribution in [0.25, 0.3) is 0 Å². The number of benzene rings is 2. The third-order valence-electron chi connectivity index (χ3n) is 2.91. The molecule has 0 N–H and O–H groups in total. The molecule has 2 rings (SSSR count). The maximum Gasteiger partial charge on any atom is 0.127 e. The van der Waals surface area contributed by atoms with Crippen LogP contribution in [0, 0.1) is 19.7 Å². The van der Waals surface area contributed by atoms with Crippen LogP contribution in [0.1, 0.15) is 27.1 Å². The molecule has 19 heavy (non-hydrogen) atoms. The van der Waals surface area contributed by atoms with Crippen molar-refractivity contribution in [3.05, 3.63) is 67.9 Å². The van der Waals surface area contributed by atoms with Crippen LogP contribution in [-0.2, 0) is 0 Å². The van der Waals surface area contributed by atoms with Crippen LogP contribution >= 0.6 is 43.5 Å². The molecule has 0 radical (unpaired) electrons. The molecule has 100 valence electrons. The van der Waals surface area contributed by atoms with Gasteiger partial charge in [0.25, 0.3) is 0 Å². The molecule has 1 atom stereocenters. The maximum absolute atomic E-state index is 13.4. The van der Waals surface area contributed by atoms with E-state index in [0.717, 1.165) is 21.2 Å². The Morgan fingerprint density at radius 1 is 1.11 bits per heavy atom. The average molecular weight is 407 g/mol. The molecule has 0 saturated heterocycles. The molecule has 0 fully saturated rings. The van der Waals surface area contributed by atoms with Gasteiger partial charge in [0.2, 0.25) is 0 Å². The van der Waals surface area contributed by atoms with Gasteiger partial charge in [-0.3, -0.25) is 0 Å². The topological polar surface area (TPSA) is 0 Å². The number of rotatable bonds is 2. The smallest absolute Gasteiger partial charge is 0.127 e. The molecule has 0 aliphatic heterocycles. The number of hydrogen-bond acceptors (Lipinski definition) is 0. The fraction of sp³-hybridized carbons (Fsp3) is 0.200. The van der Waals surface area contributed by atoms with Crippen molar-refractivity contribution in [1.29, 1.82) is 0 Å². The van der Waals surface area contributed by atoms with Gasteiger partial charge in [0, 0.05) is 9.50 Å². The lowest BCUT2D eigenvalue weighted by Gasteiger charge is -2.15. The SMILES string of the molecule is Cc1cc(Br)cc(C(Br)c2cc(C)c(F)cc2Cl)c1. The van der Waals surface area contributed by atoms with Gasteiger partial charge in [-0.25, -0.2) is 4.39 Å². The highest BCUT2D eigenvalue weighted by atomic mass is 79.9. The molecule has 1 unspecified atom stereocenters. The molecule has 4 heteroatoms. The molecule has 0 aromatic heterocycles. The van der Waals surface area contributed by atoms with E-state index in [1.807, 2.05) is 19.1 Å². The lowest BCUT2D eigenvalue weighted by molar-refractivity contribution is 0.618. The number of aryl methyl sites for hydroxylation is 2. The van der Waals surface area contributed by atoms with Gasteiger partial charge in [0.05, 0.1) is 4.83 Å². The van der Waals surface area contributed by atoms with Gasteiger partial charge >= 0.3 is 0 Å². The Morgan fingerprint density at radius 2 is 1.79 bits per heavy atom. The quantitative estimate of drug-likeness (QED) is 0.510. The largest absolute Gasteiger partial charge is 0.207 e. The van der Waals surface area contributed by atoms with Gasteiger partial charge < -0.3 is 0 Å². The molecule has 0 heterocycles. The summed E-state index contributed by atoms with van der Waals surface area (Å²) in [5.41, 5.74) is 3.71. The van der Waals surface area contributed by atoms with E-state index in [4.69, 9.17) is 11.6 Å². The normalized spacial score (nSPS) is 12.5. The number of halogens is 4. The first-order valence-corrected chi connectivity index (χ1v) is 7.84. The summed E-state index contributed by atoms with van der Waals surface area (Å²) in [5.74, 6) is -0.279. The standard InChI is InChI=1S/C15H12Br2ClF/c1-8-3-10(6-11(16)4-8)15(17)12-5-9(2)14(19)7-13(12)18/h3-7,15H,1-2H3. The molecular weight excluding hydrogens is 394 g/mol. The summed E-state index contributed by atoms with van der Waals surface area (Å²) in [4.78, 5) is -0.0597. The van der Waals surface area contributed by atoms with Crippen molar-refractivity contribution in [2.45, 2.75) is 18.7 Å². The minimum atomic E-state index is -0.279. The summed E-state index contributed by atoms with van der Waals surface area (Å²) in [5, 5.41) is 0.433. The zero-order valence-corrected chi connectivity index (χ0v) is 14.4. The Bertz CT molecular complexity index is 606. The summed E-state index contributed by atoms with van der Waals surface area (Å²) in [6.45, 7) is 3.77. The molecule has 0 aliphatic carbocycles. The fourth-order valence-corrected chi connectivity index (χ4v) is 3.62. The summed E-state index contributed by atoms with van der Waals surface area (Å²) in [7, 11) is 0. The van der Waals surface area contributed by atoms with Crippen LogP contribution in [-0.4, -0.2) is 0 Å². The monoisotopic (exact) mass is 404 g/mol. The van der Waals surface area contributed by atoms with Gasteiger partial charge in [-0.2, -0.15) is 0 Å². The first-order valence-electron chi connectivity index (χ1n) is 5.75. The summed E-state index contributed by atoms with van der Waals surface area (Å²) in [6, 6.07) is 9.31. The Labute approximate surface area is 134 Å². The van der Waals surface area contributed by atoms with E-state index >= 15 is 0 Å². The average Bonchev–Trinajstić information content (AvgIpc) is 2.31. The molecular formula is C15H12Br2ClF. The van der Waals surface area contributed by atoms with Gasteiger partial charge in [0.1, 0.15) is 5.82 Å². The highest BCUT2D eigenvalue weighted by Gasteiger charge is 2.16. The molecule has 0 spiro atoms. The van der Waals surface area contributed by atoms with E-state index in [9.17, 15) is 4.39 Å². The second-order valence-electron chi connectivity index (χ2n) is 4.55. The third kappa shape index (κ3) is 3.39. The molecule has 0 nitrogen and oxygen atoms in total. The molecule has 2 aromatic carbocycles. The highest BCUT2D eigenvalue weighted by molar-refractivity contribution is 9.10. The zero-order chi connectivity index (χ0) is 14.2. The first-order chi connectivity index (χ1) is 8.88. The molecule has 0 bridgehead atoms. The van der Waals surface area contributed by atoms with Gasteiger partial charge in [0.15, 0.2) is 0 Å². The van der Waals surface area contributed by atoms with Crippen molar-refractivity contribution >= 4 is 43.5 Å². The van der Waals surface area contributed by atoms with E-state index in [2.05, 4.69) is 37.9 Å². The number of hydrogen-bond donors (Lipinski definition) is 0. The van der Waals surface area contributed by atoms with Crippen molar-refractivity contribution < 1.29 is 4.39 Å². The zero-order valence-electron chi connectivity index (χ0n) is 10.5. The van der Waals surface area contributed by atoms with Crippen LogP contribution in [0.5, 0.6) is 0 Å². The lowest BCUT2D eigenvalue weighted by Crippen LogP contribution is -1.97. The predicted molar refractivity (Wildman–Crippen MR) is 85.8 cm³/mol. The summed E-state index contributed by atoms with van der Waals surface area (Å²) >= 11 is 13.3. The second-order valence-corrected chi connectivity index (χ2v) is 6.79. The van der Waals surface area contributed by atoms with E-state index in [1.165, 1.54) is 6.07 Å². The van der Waals surface area contributed by atoms with Crippen LogP contribution in [0.3, 0.4) is 0 Å². The molecule has 0 amide bonds.